The molecule has 2 aliphatic carbocycles. The van der Waals surface area contributed by atoms with E-state index in [9.17, 15) is 4.39 Å². The maximum Gasteiger partial charge on any atom is 0.324 e. The molecule has 0 bridgehead atoms. The van der Waals surface area contributed by atoms with Gasteiger partial charge in [0.1, 0.15) is 11.6 Å². The molecule has 0 amide bonds. The Labute approximate surface area is 208 Å². The number of nitrogens with two attached hydrogens (primary N) is 1. The normalized spacial score (nSPS) is 17.9. The van der Waals surface area contributed by atoms with E-state index in [1.165, 1.54) is 6.07 Å². The molecule has 3 N–H and O–H groups in total. The third kappa shape index (κ3) is 3.89. The Kier molecular flexibility index (Phi) is 5.64. The quantitative estimate of drug-likeness (QED) is 0.347. The fraction of sp³-hybridized carbons (Fsp3) is 0.333. The molecule has 0 aliphatic heterocycles. The van der Waals surface area contributed by atoms with E-state index >= 15 is 0 Å². The van der Waals surface area contributed by atoms with E-state index < -0.39 is 0 Å². The number of fused-ring (bicyclic) bond motifs is 4. The molecule has 0 saturated heterocycles. The van der Waals surface area contributed by atoms with Crippen LogP contribution in [0, 0.1) is 11.7 Å². The van der Waals surface area contributed by atoms with Crippen molar-refractivity contribution in [1.29, 1.82) is 0 Å². The van der Waals surface area contributed by atoms with Crippen LogP contribution < -0.4 is 20.7 Å². The summed E-state index contributed by atoms with van der Waals surface area (Å²) < 4.78 is 20.7. The average Bonchev–Trinajstić information content (AvgIpc) is 3.25. The molecule has 2 aliphatic rings. The lowest BCUT2D eigenvalue weighted by Crippen LogP contribution is -2.46. The number of halogens is 1. The first-order valence-electron chi connectivity index (χ1n) is 12.3. The zero-order valence-electron chi connectivity index (χ0n) is 20.3. The van der Waals surface area contributed by atoms with Crippen LogP contribution >= 0.6 is 0 Å². The molecule has 1 fully saturated rings. The minimum atomic E-state index is -0.295. The van der Waals surface area contributed by atoms with E-state index in [1.807, 2.05) is 18.2 Å². The van der Waals surface area contributed by atoms with Crippen molar-refractivity contribution >= 4 is 22.5 Å². The molecule has 184 valence electrons. The summed E-state index contributed by atoms with van der Waals surface area (Å²) in [5.74, 6) is 1.36. The minimum Gasteiger partial charge on any atom is -0.423 e. The fourth-order valence-electron chi connectivity index (χ4n) is 5.16. The van der Waals surface area contributed by atoms with Crippen LogP contribution in [-0.2, 0) is 6.42 Å². The van der Waals surface area contributed by atoms with Crippen LogP contribution in [0.25, 0.3) is 22.2 Å². The van der Waals surface area contributed by atoms with Crippen molar-refractivity contribution in [3.63, 3.8) is 0 Å². The maximum atomic E-state index is 14.6. The summed E-state index contributed by atoms with van der Waals surface area (Å²) in [6, 6.07) is 9.10. The molecule has 8 nitrogen and oxygen atoms in total. The summed E-state index contributed by atoms with van der Waals surface area (Å²) in [4.78, 5) is 20.7. The lowest BCUT2D eigenvalue weighted by Gasteiger charge is -2.38. The van der Waals surface area contributed by atoms with E-state index in [2.05, 4.69) is 27.1 Å². The fourth-order valence-corrected chi connectivity index (χ4v) is 5.16. The van der Waals surface area contributed by atoms with Gasteiger partial charge in [0.25, 0.3) is 0 Å². The van der Waals surface area contributed by atoms with Gasteiger partial charge in [-0.1, -0.05) is 0 Å². The second-order valence-electron chi connectivity index (χ2n) is 9.41. The molecular weight excluding hydrogens is 457 g/mol. The first-order valence-corrected chi connectivity index (χ1v) is 12.3. The van der Waals surface area contributed by atoms with Gasteiger partial charge in [-0.15, -0.1) is 0 Å². The van der Waals surface area contributed by atoms with Gasteiger partial charge in [0.15, 0.2) is 5.75 Å². The molecule has 0 spiro atoms. The molecule has 2 atom stereocenters. The lowest BCUT2D eigenvalue weighted by molar-refractivity contribution is 0.260. The molecule has 6 rings (SSSR count). The molecule has 1 aromatic carbocycles. The van der Waals surface area contributed by atoms with Crippen molar-refractivity contribution in [2.45, 2.75) is 32.2 Å². The first-order chi connectivity index (χ1) is 17.5. The first kappa shape index (κ1) is 22.6. The third-order valence-corrected chi connectivity index (χ3v) is 7.29. The molecule has 0 radical (unpaired) electrons. The van der Waals surface area contributed by atoms with Crippen LogP contribution in [0.1, 0.15) is 31.0 Å². The number of benzene rings is 1. The Hall–Kier alpha value is -3.85. The van der Waals surface area contributed by atoms with Crippen LogP contribution in [0.5, 0.6) is 11.8 Å². The van der Waals surface area contributed by atoms with Crippen LogP contribution in [0.2, 0.25) is 0 Å². The molecule has 9 heteroatoms. The van der Waals surface area contributed by atoms with Crippen molar-refractivity contribution < 1.29 is 9.13 Å². The predicted molar refractivity (Wildman–Crippen MR) is 138 cm³/mol. The molecular formula is C27H28FN7O. The SMILES string of the molecule is CCN(CC1CCC1N)c1nc(Oc2cnc3cccnc3c2)nc2c1-c1cc(F)cc(NC)c1C2. The van der Waals surface area contributed by atoms with Gasteiger partial charge in [0.05, 0.1) is 22.9 Å². The van der Waals surface area contributed by atoms with Gasteiger partial charge in [-0.05, 0) is 61.1 Å². The number of pyridine rings is 2. The predicted octanol–water partition coefficient (Wildman–Crippen LogP) is 4.53. The maximum absolute atomic E-state index is 14.6. The van der Waals surface area contributed by atoms with E-state index in [0.717, 1.165) is 70.9 Å². The van der Waals surface area contributed by atoms with Gasteiger partial charge in [0.2, 0.25) is 0 Å². The number of hydrogen-bond donors (Lipinski definition) is 2. The van der Waals surface area contributed by atoms with E-state index in [-0.39, 0.29) is 17.9 Å². The zero-order valence-corrected chi connectivity index (χ0v) is 20.3. The van der Waals surface area contributed by atoms with Gasteiger partial charge >= 0.3 is 6.01 Å². The number of rotatable bonds is 7. The monoisotopic (exact) mass is 485 g/mol. The summed E-state index contributed by atoms with van der Waals surface area (Å²) in [7, 11) is 1.80. The van der Waals surface area contributed by atoms with Crippen molar-refractivity contribution in [1.82, 2.24) is 19.9 Å². The summed E-state index contributed by atoms with van der Waals surface area (Å²) in [6.07, 6.45) is 6.07. The van der Waals surface area contributed by atoms with Crippen LogP contribution in [0.4, 0.5) is 15.9 Å². The lowest BCUT2D eigenvalue weighted by atomic mass is 9.80. The molecule has 2 unspecified atom stereocenters. The molecule has 4 aromatic rings. The van der Waals surface area contributed by atoms with E-state index in [1.54, 1.807) is 25.5 Å². The Morgan fingerprint density at radius 3 is 2.81 bits per heavy atom. The molecule has 3 heterocycles. The Balaban J connectivity index is 1.45. The Morgan fingerprint density at radius 2 is 2.06 bits per heavy atom. The van der Waals surface area contributed by atoms with Crippen molar-refractivity contribution in [3.8, 4) is 22.9 Å². The number of hydrogen-bond acceptors (Lipinski definition) is 8. The number of aromatic nitrogens is 4. The largest absolute Gasteiger partial charge is 0.423 e. The second kappa shape index (κ2) is 8.98. The summed E-state index contributed by atoms with van der Waals surface area (Å²) in [5, 5.41) is 3.13. The standard InChI is InChI=1S/C27H28FN7O/c1-3-35(14-15-6-7-20(15)29)26-25-19-9-16(28)10-22(30-2)18(19)12-24(25)33-27(34-26)36-17-11-23-21(32-13-17)5-4-8-31-23/h4-5,8-11,13,15,20,30H,3,6-7,12,14,29H2,1-2H3. The number of nitrogens with one attached hydrogen (secondary N) is 1. The summed E-state index contributed by atoms with van der Waals surface area (Å²) >= 11 is 0. The van der Waals surface area contributed by atoms with Gasteiger partial charge in [0, 0.05) is 56.1 Å². The second-order valence-corrected chi connectivity index (χ2v) is 9.41. The Bertz CT molecular complexity index is 1460. The number of anilines is 2. The summed E-state index contributed by atoms with van der Waals surface area (Å²) in [6.45, 7) is 3.61. The van der Waals surface area contributed by atoms with Gasteiger partial charge in [-0.3, -0.25) is 9.97 Å². The van der Waals surface area contributed by atoms with Crippen LogP contribution in [0.15, 0.2) is 42.7 Å². The van der Waals surface area contributed by atoms with Crippen LogP contribution in [-0.4, -0.2) is 46.1 Å². The van der Waals surface area contributed by atoms with Gasteiger partial charge < -0.3 is 20.7 Å². The highest BCUT2D eigenvalue weighted by Crippen LogP contribution is 2.46. The average molecular weight is 486 g/mol. The minimum absolute atomic E-state index is 0.196. The van der Waals surface area contributed by atoms with Crippen molar-refractivity contribution in [2.24, 2.45) is 11.7 Å². The zero-order chi connectivity index (χ0) is 24.8. The Morgan fingerprint density at radius 1 is 1.17 bits per heavy atom. The topological polar surface area (TPSA) is 102 Å². The third-order valence-electron chi connectivity index (χ3n) is 7.29. The van der Waals surface area contributed by atoms with E-state index in [0.29, 0.717) is 18.1 Å². The van der Waals surface area contributed by atoms with Crippen molar-refractivity contribution in [3.05, 3.63) is 59.8 Å². The molecule has 1 saturated carbocycles. The van der Waals surface area contributed by atoms with Gasteiger partial charge in [-0.25, -0.2) is 4.39 Å². The highest BCUT2D eigenvalue weighted by molar-refractivity contribution is 5.88. The highest BCUT2D eigenvalue weighted by Gasteiger charge is 2.33. The highest BCUT2D eigenvalue weighted by atomic mass is 19.1. The van der Waals surface area contributed by atoms with Crippen molar-refractivity contribution in [2.75, 3.05) is 30.4 Å². The van der Waals surface area contributed by atoms with E-state index in [4.69, 9.17) is 20.4 Å². The number of nitrogens with zero attached hydrogens (tertiary/aromatic N) is 5. The summed E-state index contributed by atoms with van der Waals surface area (Å²) in [5.41, 5.74) is 12.1. The smallest absolute Gasteiger partial charge is 0.324 e. The molecule has 3 aromatic heterocycles. The number of ether oxygens (including phenoxy) is 1. The molecule has 36 heavy (non-hydrogen) atoms. The van der Waals surface area contributed by atoms with Crippen LogP contribution in [0.3, 0.4) is 0 Å². The van der Waals surface area contributed by atoms with Gasteiger partial charge in [-0.2, -0.15) is 9.97 Å².